The molecule has 18 heavy (non-hydrogen) atoms. The fourth-order valence-corrected chi connectivity index (χ4v) is 2.13. The number of hydrogen-bond acceptors (Lipinski definition) is 3. The molecule has 94 valence electrons. The summed E-state index contributed by atoms with van der Waals surface area (Å²) in [5, 5.41) is 10.4. The van der Waals surface area contributed by atoms with Crippen LogP contribution in [0.4, 0.5) is 10.2 Å². The lowest BCUT2D eigenvalue weighted by atomic mass is 9.98. The van der Waals surface area contributed by atoms with Gasteiger partial charge in [0, 0.05) is 22.3 Å². The molecule has 1 atom stereocenters. The van der Waals surface area contributed by atoms with Crippen molar-refractivity contribution in [3.05, 3.63) is 58.0 Å². The van der Waals surface area contributed by atoms with Gasteiger partial charge in [-0.05, 0) is 30.7 Å². The average Bonchev–Trinajstić information content (AvgIpc) is 2.28. The van der Waals surface area contributed by atoms with Crippen LogP contribution >= 0.6 is 11.6 Å². The summed E-state index contributed by atoms with van der Waals surface area (Å²) in [4.78, 5) is 3.90. The average molecular weight is 267 g/mol. The number of aryl methyl sites for hydroxylation is 1. The van der Waals surface area contributed by atoms with Gasteiger partial charge in [-0.15, -0.1) is 0 Å². The van der Waals surface area contributed by atoms with E-state index < -0.39 is 11.9 Å². The molecule has 1 heterocycles. The van der Waals surface area contributed by atoms with Crippen LogP contribution in [0.15, 0.2) is 30.5 Å². The molecule has 0 spiro atoms. The highest BCUT2D eigenvalue weighted by molar-refractivity contribution is 6.31. The number of benzene rings is 1. The summed E-state index contributed by atoms with van der Waals surface area (Å²) in [5.41, 5.74) is 6.85. The number of aromatic nitrogens is 1. The third-order valence-corrected chi connectivity index (χ3v) is 3.12. The molecule has 2 aromatic rings. The van der Waals surface area contributed by atoms with Crippen molar-refractivity contribution >= 4 is 17.4 Å². The Morgan fingerprint density at radius 1 is 1.33 bits per heavy atom. The molecule has 0 fully saturated rings. The third-order valence-electron chi connectivity index (χ3n) is 2.79. The number of halogens is 2. The molecule has 0 aliphatic carbocycles. The molecule has 0 aliphatic rings. The van der Waals surface area contributed by atoms with Crippen molar-refractivity contribution in [2.75, 3.05) is 5.73 Å². The summed E-state index contributed by atoms with van der Waals surface area (Å²) in [6, 6.07) is 5.94. The molecule has 0 radical (unpaired) electrons. The van der Waals surface area contributed by atoms with Gasteiger partial charge in [-0.2, -0.15) is 0 Å². The molecule has 1 aromatic heterocycles. The first-order chi connectivity index (χ1) is 8.52. The van der Waals surface area contributed by atoms with E-state index in [1.807, 2.05) is 0 Å². The van der Waals surface area contributed by atoms with Gasteiger partial charge in [0.15, 0.2) is 0 Å². The standard InChI is InChI=1S/C13H12ClFN2O/c1-7-5-6-17-13(16)10(7)12(18)11-8(14)3-2-4-9(11)15/h2-6,12,18H,1H3,(H2,16,17). The van der Waals surface area contributed by atoms with Gasteiger partial charge in [0.2, 0.25) is 0 Å². The van der Waals surface area contributed by atoms with E-state index in [9.17, 15) is 9.50 Å². The normalized spacial score (nSPS) is 12.4. The molecule has 0 aliphatic heterocycles. The van der Waals surface area contributed by atoms with Crippen molar-refractivity contribution in [1.29, 1.82) is 0 Å². The molecule has 1 unspecified atom stereocenters. The van der Waals surface area contributed by atoms with Crippen LogP contribution in [0.1, 0.15) is 22.8 Å². The van der Waals surface area contributed by atoms with Crippen molar-refractivity contribution in [2.45, 2.75) is 13.0 Å². The molecule has 2 rings (SSSR count). The minimum Gasteiger partial charge on any atom is -0.383 e. The first-order valence-corrected chi connectivity index (χ1v) is 5.73. The number of nitrogens with zero attached hydrogens (tertiary/aromatic N) is 1. The van der Waals surface area contributed by atoms with E-state index in [0.29, 0.717) is 5.56 Å². The van der Waals surface area contributed by atoms with Gasteiger partial charge in [-0.1, -0.05) is 17.7 Å². The van der Waals surface area contributed by atoms with Crippen LogP contribution in [0.2, 0.25) is 5.02 Å². The number of nitrogens with two attached hydrogens (primary N) is 1. The Labute approximate surface area is 109 Å². The smallest absolute Gasteiger partial charge is 0.130 e. The van der Waals surface area contributed by atoms with Gasteiger partial charge < -0.3 is 10.8 Å². The van der Waals surface area contributed by atoms with E-state index in [1.54, 1.807) is 13.0 Å². The Hall–Kier alpha value is -1.65. The number of hydrogen-bond donors (Lipinski definition) is 2. The van der Waals surface area contributed by atoms with Crippen LogP contribution in [0.3, 0.4) is 0 Å². The molecule has 3 N–H and O–H groups in total. The van der Waals surface area contributed by atoms with Gasteiger partial charge >= 0.3 is 0 Å². The summed E-state index contributed by atoms with van der Waals surface area (Å²) in [6.07, 6.45) is 0.302. The maximum Gasteiger partial charge on any atom is 0.130 e. The van der Waals surface area contributed by atoms with E-state index in [0.717, 1.165) is 5.56 Å². The number of rotatable bonds is 2. The largest absolute Gasteiger partial charge is 0.383 e. The van der Waals surface area contributed by atoms with Crippen molar-refractivity contribution in [3.8, 4) is 0 Å². The summed E-state index contributed by atoms with van der Waals surface area (Å²) < 4.78 is 13.7. The van der Waals surface area contributed by atoms with Crippen LogP contribution in [-0.4, -0.2) is 10.1 Å². The van der Waals surface area contributed by atoms with Crippen molar-refractivity contribution < 1.29 is 9.50 Å². The van der Waals surface area contributed by atoms with Crippen LogP contribution in [0.5, 0.6) is 0 Å². The fraction of sp³-hybridized carbons (Fsp3) is 0.154. The number of nitrogen functional groups attached to an aromatic ring is 1. The van der Waals surface area contributed by atoms with Gasteiger partial charge in [-0.3, -0.25) is 0 Å². The highest BCUT2D eigenvalue weighted by Crippen LogP contribution is 2.33. The highest BCUT2D eigenvalue weighted by atomic mass is 35.5. The summed E-state index contributed by atoms with van der Waals surface area (Å²) in [7, 11) is 0. The predicted molar refractivity (Wildman–Crippen MR) is 68.9 cm³/mol. The molecule has 0 bridgehead atoms. The Kier molecular flexibility index (Phi) is 3.50. The zero-order chi connectivity index (χ0) is 13.3. The number of pyridine rings is 1. The van der Waals surface area contributed by atoms with Gasteiger partial charge in [-0.25, -0.2) is 9.37 Å². The SMILES string of the molecule is Cc1ccnc(N)c1C(O)c1c(F)cccc1Cl. The van der Waals surface area contributed by atoms with Crippen LogP contribution in [0.25, 0.3) is 0 Å². The van der Waals surface area contributed by atoms with Gasteiger partial charge in [0.1, 0.15) is 17.7 Å². The topological polar surface area (TPSA) is 59.1 Å². The molecule has 0 saturated heterocycles. The minimum atomic E-state index is -1.23. The van der Waals surface area contributed by atoms with Crippen LogP contribution in [0, 0.1) is 12.7 Å². The monoisotopic (exact) mass is 266 g/mol. The third kappa shape index (κ3) is 2.17. The first-order valence-electron chi connectivity index (χ1n) is 5.35. The van der Waals surface area contributed by atoms with Crippen molar-refractivity contribution in [2.24, 2.45) is 0 Å². The second kappa shape index (κ2) is 4.92. The zero-order valence-electron chi connectivity index (χ0n) is 9.69. The van der Waals surface area contributed by atoms with Gasteiger partial charge in [0.25, 0.3) is 0 Å². The second-order valence-corrected chi connectivity index (χ2v) is 4.37. The molecule has 5 heteroatoms. The predicted octanol–water partition coefficient (Wildman–Crippen LogP) is 2.85. The van der Waals surface area contributed by atoms with Crippen molar-refractivity contribution in [1.82, 2.24) is 4.98 Å². The van der Waals surface area contributed by atoms with E-state index in [4.69, 9.17) is 17.3 Å². The number of aliphatic hydroxyl groups is 1. The fourth-order valence-electron chi connectivity index (χ4n) is 1.86. The minimum absolute atomic E-state index is 0.0157. The second-order valence-electron chi connectivity index (χ2n) is 3.96. The Bertz CT molecular complexity index is 497. The molecule has 0 saturated carbocycles. The highest BCUT2D eigenvalue weighted by Gasteiger charge is 2.22. The Morgan fingerprint density at radius 3 is 2.67 bits per heavy atom. The zero-order valence-corrected chi connectivity index (χ0v) is 10.4. The maximum atomic E-state index is 13.7. The summed E-state index contributed by atoms with van der Waals surface area (Å²) in [6.45, 7) is 1.77. The molecule has 0 amide bonds. The molecule has 1 aromatic carbocycles. The maximum absolute atomic E-state index is 13.7. The molecular formula is C13H12ClFN2O. The van der Waals surface area contributed by atoms with E-state index >= 15 is 0 Å². The lowest BCUT2D eigenvalue weighted by Gasteiger charge is -2.17. The molecular weight excluding hydrogens is 255 g/mol. The summed E-state index contributed by atoms with van der Waals surface area (Å²) >= 11 is 5.92. The number of aliphatic hydroxyl groups excluding tert-OH is 1. The van der Waals surface area contributed by atoms with Crippen LogP contribution < -0.4 is 5.73 Å². The Morgan fingerprint density at radius 2 is 2.06 bits per heavy atom. The van der Waals surface area contributed by atoms with Crippen LogP contribution in [-0.2, 0) is 0 Å². The summed E-state index contributed by atoms with van der Waals surface area (Å²) in [5.74, 6) is -0.403. The lowest BCUT2D eigenvalue weighted by Crippen LogP contribution is -2.09. The van der Waals surface area contributed by atoms with E-state index in [2.05, 4.69) is 4.98 Å². The van der Waals surface area contributed by atoms with Crippen molar-refractivity contribution in [3.63, 3.8) is 0 Å². The first kappa shape index (κ1) is 12.8. The van der Waals surface area contributed by atoms with E-state index in [-0.39, 0.29) is 16.4 Å². The van der Waals surface area contributed by atoms with Gasteiger partial charge in [0.05, 0.1) is 0 Å². The number of anilines is 1. The Balaban J connectivity index is 2.58. The van der Waals surface area contributed by atoms with E-state index in [1.165, 1.54) is 24.4 Å². The molecule has 3 nitrogen and oxygen atoms in total. The lowest BCUT2D eigenvalue weighted by molar-refractivity contribution is 0.214. The quantitative estimate of drug-likeness (QED) is 0.879.